The molecule has 0 radical (unpaired) electrons. The van der Waals surface area contributed by atoms with Gasteiger partial charge >= 0.3 is 0 Å². The third-order valence-electron chi connectivity index (χ3n) is 9.08. The largest absolute Gasteiger partial charge is 0.457 e. The van der Waals surface area contributed by atoms with Crippen molar-refractivity contribution in [1.82, 2.24) is 7.42 Å². The van der Waals surface area contributed by atoms with Gasteiger partial charge in [-0.05, 0) is 106 Å². The molecule has 57 heavy (non-hydrogen) atoms. The summed E-state index contributed by atoms with van der Waals surface area (Å²) >= 11 is 0. The van der Waals surface area contributed by atoms with E-state index in [0.717, 1.165) is 0 Å². The Balaban J connectivity index is 1.67. The summed E-state index contributed by atoms with van der Waals surface area (Å²) in [6.45, 7) is 5.68. The molecule has 0 amide bonds. The first-order chi connectivity index (χ1) is 26.9. The van der Waals surface area contributed by atoms with Crippen LogP contribution in [0.4, 0.5) is 0 Å². The molecule has 1 atom stereocenters. The number of sulfonamides is 4. The van der Waals surface area contributed by atoms with Gasteiger partial charge in [-0.2, -0.15) is 0 Å². The summed E-state index contributed by atoms with van der Waals surface area (Å²) in [5.74, 6) is 0.534. The Bertz CT molecular complexity index is 2660. The van der Waals surface area contributed by atoms with Crippen LogP contribution in [0.1, 0.15) is 33.9 Å². The highest BCUT2D eigenvalue weighted by atomic mass is 32.3. The maximum atomic E-state index is 15.0. The fourth-order valence-corrected chi connectivity index (χ4v) is 13.5. The third kappa shape index (κ3) is 8.88. The molecule has 6 rings (SSSR count). The average molecular weight is 845 g/mol. The first-order valence-corrected chi connectivity index (χ1v) is 23.3. The smallest absolute Gasteiger partial charge is 0.256 e. The van der Waals surface area contributed by atoms with Crippen molar-refractivity contribution in [1.29, 1.82) is 0 Å². The van der Waals surface area contributed by atoms with E-state index in [1.54, 1.807) is 64.1 Å². The number of hydrogen-bond donors (Lipinski definition) is 0. The Morgan fingerprint density at radius 1 is 0.421 bits per heavy atom. The van der Waals surface area contributed by atoms with E-state index in [0.29, 0.717) is 28.0 Å². The van der Waals surface area contributed by atoms with Crippen molar-refractivity contribution in [3.05, 3.63) is 179 Å². The van der Waals surface area contributed by atoms with Gasteiger partial charge in [0.15, 0.2) is 0 Å². The molecule has 0 aliphatic rings. The van der Waals surface area contributed by atoms with E-state index in [1.807, 2.05) is 0 Å². The Morgan fingerprint density at radius 2 is 0.772 bits per heavy atom. The van der Waals surface area contributed by atoms with E-state index in [4.69, 9.17) is 4.74 Å². The maximum absolute atomic E-state index is 15.0. The number of ether oxygens (including phenoxy) is 1. The highest BCUT2D eigenvalue weighted by Crippen LogP contribution is 2.39. The average Bonchev–Trinajstić information content (AvgIpc) is 3.17. The first kappa shape index (κ1) is 41.5. The van der Waals surface area contributed by atoms with Crippen molar-refractivity contribution >= 4 is 40.1 Å². The zero-order valence-electron chi connectivity index (χ0n) is 31.4. The normalized spacial score (nSPS) is 13.1. The van der Waals surface area contributed by atoms with E-state index in [-0.39, 0.29) is 18.7 Å². The van der Waals surface area contributed by atoms with Gasteiger partial charge in [-0.3, -0.25) is 0 Å². The molecule has 296 valence electrons. The van der Waals surface area contributed by atoms with Gasteiger partial charge in [-0.25, -0.2) is 33.7 Å². The van der Waals surface area contributed by atoms with Crippen LogP contribution in [0.15, 0.2) is 171 Å². The van der Waals surface area contributed by atoms with E-state index in [9.17, 15) is 16.8 Å². The summed E-state index contributed by atoms with van der Waals surface area (Å²) in [6, 6.07) is 34.1. The van der Waals surface area contributed by atoms with Crippen molar-refractivity contribution in [3.8, 4) is 11.5 Å². The van der Waals surface area contributed by atoms with E-state index >= 15 is 16.8 Å². The second-order valence-electron chi connectivity index (χ2n) is 13.5. The van der Waals surface area contributed by atoms with Crippen LogP contribution in [0.5, 0.6) is 11.5 Å². The Hall–Kier alpha value is -5.16. The van der Waals surface area contributed by atoms with Gasteiger partial charge < -0.3 is 4.74 Å². The second-order valence-corrected chi connectivity index (χ2v) is 21.3. The van der Waals surface area contributed by atoms with E-state index in [2.05, 4.69) is 0 Å². The molecule has 0 N–H and O–H groups in total. The summed E-state index contributed by atoms with van der Waals surface area (Å²) in [7, 11) is -20.4. The first-order valence-electron chi connectivity index (χ1n) is 17.6. The SMILES string of the molecule is Cc1ccc(S(=O)(=O)N(CC(c2cccc(Oc3ccccc3)c2)N(S(=O)(=O)c2ccc(C)cc2)S(=O)(=O)c2ccc(C)cc2)S(=O)(=O)c2ccc(C)cc2)cc1. The molecule has 1 unspecified atom stereocenters. The number of para-hydroxylation sites is 1. The topological polar surface area (TPSA) is 152 Å². The molecule has 0 saturated carbocycles. The van der Waals surface area contributed by atoms with Crippen LogP contribution < -0.4 is 4.74 Å². The van der Waals surface area contributed by atoms with Crippen molar-refractivity contribution in [2.75, 3.05) is 6.54 Å². The molecule has 0 aliphatic carbocycles. The highest BCUT2D eigenvalue weighted by Gasteiger charge is 2.48. The molecule has 0 spiro atoms. The van der Waals surface area contributed by atoms with Crippen LogP contribution in [0.25, 0.3) is 0 Å². The minimum absolute atomic E-state index is 0.0852. The Morgan fingerprint density at radius 3 is 1.16 bits per heavy atom. The van der Waals surface area contributed by atoms with Gasteiger partial charge in [0, 0.05) is 0 Å². The molecule has 0 saturated heterocycles. The highest BCUT2D eigenvalue weighted by molar-refractivity contribution is 8.04. The molecule has 6 aromatic rings. The van der Waals surface area contributed by atoms with Crippen LogP contribution >= 0.6 is 0 Å². The number of hydrogen-bond acceptors (Lipinski definition) is 9. The monoisotopic (exact) mass is 844 g/mol. The molecule has 0 heterocycles. The fraction of sp³-hybridized carbons (Fsp3) is 0.143. The molecular weight excluding hydrogens is 805 g/mol. The van der Waals surface area contributed by atoms with E-state index in [1.165, 1.54) is 115 Å². The molecule has 0 aromatic heterocycles. The number of benzene rings is 6. The van der Waals surface area contributed by atoms with Gasteiger partial charge in [-0.1, -0.05) is 109 Å². The lowest BCUT2D eigenvalue weighted by molar-refractivity contribution is 0.381. The zero-order valence-corrected chi connectivity index (χ0v) is 34.7. The molecule has 0 fully saturated rings. The molecule has 0 bridgehead atoms. The van der Waals surface area contributed by atoms with Crippen molar-refractivity contribution < 1.29 is 38.4 Å². The Kier molecular flexibility index (Phi) is 11.9. The second kappa shape index (κ2) is 16.4. The zero-order chi connectivity index (χ0) is 41.2. The molecular formula is C42H40N2O9S4. The van der Waals surface area contributed by atoms with Gasteiger partial charge in [0.2, 0.25) is 0 Å². The Labute approximate surface area is 335 Å². The van der Waals surface area contributed by atoms with Crippen LogP contribution in [0, 0.1) is 27.7 Å². The van der Waals surface area contributed by atoms with Gasteiger partial charge in [0.05, 0.1) is 32.2 Å². The standard InChI is InChI=1S/C42H40N2O9S4/c1-31-13-21-38(22-14-31)54(45,46)43(55(47,48)39-23-15-32(2)16-24-39)30-42(35-9-8-12-37(29-35)53-36-10-6-5-7-11-36)44(56(49,50)40-25-17-33(3)18-26-40)57(51,52)41-27-19-34(4)20-28-41/h5-29,42H,30H2,1-4H3. The number of nitrogens with zero attached hydrogens (tertiary/aromatic N) is 2. The summed E-state index contributed by atoms with van der Waals surface area (Å²) in [4.78, 5) is -1.70. The predicted molar refractivity (Wildman–Crippen MR) is 218 cm³/mol. The lowest BCUT2D eigenvalue weighted by Gasteiger charge is -2.34. The molecule has 11 nitrogen and oxygen atoms in total. The molecule has 15 heteroatoms. The number of rotatable bonds is 14. The lowest BCUT2D eigenvalue weighted by atomic mass is 10.1. The summed E-state index contributed by atoms with van der Waals surface area (Å²) in [6.07, 6.45) is 0. The van der Waals surface area contributed by atoms with Crippen LogP contribution in [0.2, 0.25) is 0 Å². The third-order valence-corrected chi connectivity index (χ3v) is 17.7. The number of aryl methyl sites for hydroxylation is 4. The predicted octanol–water partition coefficient (Wildman–Crippen LogP) is 7.91. The summed E-state index contributed by atoms with van der Waals surface area (Å²) in [5, 5.41) is 0. The van der Waals surface area contributed by atoms with Crippen molar-refractivity contribution in [3.63, 3.8) is 0 Å². The van der Waals surface area contributed by atoms with Crippen molar-refractivity contribution in [2.45, 2.75) is 53.3 Å². The van der Waals surface area contributed by atoms with Gasteiger partial charge in [0.25, 0.3) is 40.1 Å². The molecule has 6 aromatic carbocycles. The van der Waals surface area contributed by atoms with Crippen molar-refractivity contribution in [2.24, 2.45) is 0 Å². The minimum Gasteiger partial charge on any atom is -0.457 e. The van der Waals surface area contributed by atoms with Crippen LogP contribution in [-0.2, 0) is 40.1 Å². The van der Waals surface area contributed by atoms with Crippen LogP contribution in [0.3, 0.4) is 0 Å². The van der Waals surface area contributed by atoms with Gasteiger partial charge in [0.1, 0.15) is 11.5 Å². The fourth-order valence-electron chi connectivity index (χ4n) is 5.92. The summed E-state index contributed by atoms with van der Waals surface area (Å²) in [5.41, 5.74) is 2.66. The lowest BCUT2D eigenvalue weighted by Crippen LogP contribution is -2.47. The quantitative estimate of drug-likeness (QED) is 0.107. The van der Waals surface area contributed by atoms with Gasteiger partial charge in [-0.15, -0.1) is 0 Å². The molecule has 0 aliphatic heterocycles. The van der Waals surface area contributed by atoms with E-state index < -0.39 is 72.3 Å². The van der Waals surface area contributed by atoms with Crippen LogP contribution in [-0.4, -0.2) is 47.6 Å². The summed E-state index contributed by atoms with van der Waals surface area (Å²) < 4.78 is 125. The maximum Gasteiger partial charge on any atom is 0.256 e. The minimum atomic E-state index is -5.14.